The van der Waals surface area contributed by atoms with E-state index in [9.17, 15) is 9.59 Å². The minimum Gasteiger partial charge on any atom is -0.449 e. The Morgan fingerprint density at radius 3 is 2.23 bits per heavy atom. The molecule has 0 aliphatic rings. The van der Waals surface area contributed by atoms with Crippen LogP contribution in [0.15, 0.2) is 54.6 Å². The molecule has 0 radical (unpaired) electrons. The average Bonchev–Trinajstić information content (AvgIpc) is 2.67. The summed E-state index contributed by atoms with van der Waals surface area (Å²) in [4.78, 5) is 24.4. The lowest BCUT2D eigenvalue weighted by Gasteiger charge is -2.18. The van der Waals surface area contributed by atoms with Gasteiger partial charge in [0.2, 0.25) is 0 Å². The number of carbonyl (C=O) groups is 2. The SMILES string of the molecule is CCc1ccc(C(=O)O[C@H](C)C(=O)N[C@H](C)CCc2ccccc2)cc1. The predicted octanol–water partition coefficient (Wildman–Crippen LogP) is 3.93. The standard InChI is InChI=1S/C22H27NO3/c1-4-18-12-14-20(15-13-18)22(25)26-17(3)21(24)23-16(2)10-11-19-8-6-5-7-9-19/h5-9,12-17H,4,10-11H2,1-3H3,(H,23,24)/t16-,17-/m1/s1. The van der Waals surface area contributed by atoms with Crippen molar-refractivity contribution in [3.05, 3.63) is 71.3 Å². The molecule has 0 saturated carbocycles. The van der Waals surface area contributed by atoms with E-state index < -0.39 is 12.1 Å². The molecule has 0 spiro atoms. The molecule has 0 fully saturated rings. The van der Waals surface area contributed by atoms with E-state index in [1.165, 1.54) is 5.56 Å². The van der Waals surface area contributed by atoms with E-state index in [-0.39, 0.29) is 11.9 Å². The van der Waals surface area contributed by atoms with Crippen LogP contribution < -0.4 is 5.32 Å². The second-order valence-corrected chi connectivity index (χ2v) is 6.53. The Morgan fingerprint density at radius 2 is 1.62 bits per heavy atom. The smallest absolute Gasteiger partial charge is 0.338 e. The van der Waals surface area contributed by atoms with Gasteiger partial charge in [-0.15, -0.1) is 0 Å². The van der Waals surface area contributed by atoms with E-state index in [0.717, 1.165) is 24.8 Å². The van der Waals surface area contributed by atoms with Gasteiger partial charge in [-0.3, -0.25) is 4.79 Å². The summed E-state index contributed by atoms with van der Waals surface area (Å²) in [5.41, 5.74) is 2.85. The fraction of sp³-hybridized carbons (Fsp3) is 0.364. The van der Waals surface area contributed by atoms with Crippen molar-refractivity contribution in [3.63, 3.8) is 0 Å². The van der Waals surface area contributed by atoms with Crippen molar-refractivity contribution >= 4 is 11.9 Å². The van der Waals surface area contributed by atoms with Gasteiger partial charge in [0.1, 0.15) is 0 Å². The normalized spacial score (nSPS) is 12.9. The molecule has 0 saturated heterocycles. The first kappa shape index (κ1) is 19.7. The van der Waals surface area contributed by atoms with Gasteiger partial charge in [0.15, 0.2) is 6.10 Å². The van der Waals surface area contributed by atoms with Gasteiger partial charge in [0, 0.05) is 6.04 Å². The van der Waals surface area contributed by atoms with Crippen LogP contribution in [0.25, 0.3) is 0 Å². The zero-order chi connectivity index (χ0) is 18.9. The van der Waals surface area contributed by atoms with E-state index >= 15 is 0 Å². The molecule has 138 valence electrons. The first-order valence-electron chi connectivity index (χ1n) is 9.13. The van der Waals surface area contributed by atoms with Gasteiger partial charge in [-0.05, 0) is 56.4 Å². The Balaban J connectivity index is 1.79. The summed E-state index contributed by atoms with van der Waals surface area (Å²) >= 11 is 0. The van der Waals surface area contributed by atoms with Crippen LogP contribution in [-0.4, -0.2) is 24.0 Å². The average molecular weight is 353 g/mol. The fourth-order valence-corrected chi connectivity index (χ4v) is 2.62. The van der Waals surface area contributed by atoms with Crippen LogP contribution in [0.4, 0.5) is 0 Å². The number of benzene rings is 2. The lowest BCUT2D eigenvalue weighted by molar-refractivity contribution is -0.129. The molecule has 4 nitrogen and oxygen atoms in total. The Labute approximate surface area is 155 Å². The fourth-order valence-electron chi connectivity index (χ4n) is 2.62. The van der Waals surface area contributed by atoms with Crippen LogP contribution in [0.1, 0.15) is 48.7 Å². The van der Waals surface area contributed by atoms with Crippen molar-refractivity contribution < 1.29 is 14.3 Å². The molecule has 0 aliphatic heterocycles. The van der Waals surface area contributed by atoms with E-state index in [1.54, 1.807) is 19.1 Å². The van der Waals surface area contributed by atoms with Crippen molar-refractivity contribution in [2.45, 2.75) is 52.2 Å². The third kappa shape index (κ3) is 6.03. The summed E-state index contributed by atoms with van der Waals surface area (Å²) in [5.74, 6) is -0.753. The summed E-state index contributed by atoms with van der Waals surface area (Å²) in [6.45, 7) is 5.61. The van der Waals surface area contributed by atoms with Crippen LogP contribution >= 0.6 is 0 Å². The maximum Gasteiger partial charge on any atom is 0.338 e. The highest BCUT2D eigenvalue weighted by Gasteiger charge is 2.20. The number of rotatable bonds is 8. The number of carbonyl (C=O) groups excluding carboxylic acids is 2. The van der Waals surface area contributed by atoms with Crippen LogP contribution in [0.2, 0.25) is 0 Å². The number of aryl methyl sites for hydroxylation is 2. The van der Waals surface area contributed by atoms with Gasteiger partial charge >= 0.3 is 5.97 Å². The third-order valence-corrected chi connectivity index (χ3v) is 4.35. The molecule has 2 aromatic carbocycles. The summed E-state index contributed by atoms with van der Waals surface area (Å²) < 4.78 is 5.28. The van der Waals surface area contributed by atoms with E-state index in [2.05, 4.69) is 24.4 Å². The molecule has 0 heterocycles. The number of ether oxygens (including phenoxy) is 1. The minimum absolute atomic E-state index is 0.00713. The summed E-state index contributed by atoms with van der Waals surface area (Å²) in [5, 5.41) is 2.91. The van der Waals surface area contributed by atoms with Crippen molar-refractivity contribution in [2.24, 2.45) is 0 Å². The molecule has 0 bridgehead atoms. The van der Waals surface area contributed by atoms with Gasteiger partial charge in [-0.2, -0.15) is 0 Å². The van der Waals surface area contributed by atoms with Crippen LogP contribution in [0.3, 0.4) is 0 Å². The maximum absolute atomic E-state index is 12.2. The van der Waals surface area contributed by atoms with Crippen LogP contribution in [0.5, 0.6) is 0 Å². The molecule has 1 N–H and O–H groups in total. The molecule has 2 aromatic rings. The number of esters is 1. The van der Waals surface area contributed by atoms with Gasteiger partial charge < -0.3 is 10.1 Å². The van der Waals surface area contributed by atoms with Crippen molar-refractivity contribution in [3.8, 4) is 0 Å². The molecule has 26 heavy (non-hydrogen) atoms. The summed E-state index contributed by atoms with van der Waals surface area (Å²) in [6.07, 6.45) is 1.80. The Kier molecular flexibility index (Phi) is 7.39. The molecule has 0 aromatic heterocycles. The molecule has 4 heteroatoms. The first-order valence-corrected chi connectivity index (χ1v) is 9.13. The first-order chi connectivity index (χ1) is 12.5. The molecular formula is C22H27NO3. The Bertz CT molecular complexity index is 710. The number of amides is 1. The maximum atomic E-state index is 12.2. The highest BCUT2D eigenvalue weighted by molar-refractivity contribution is 5.92. The summed E-state index contributed by atoms with van der Waals surface area (Å²) in [6, 6.07) is 17.4. The van der Waals surface area contributed by atoms with Crippen LogP contribution in [-0.2, 0) is 22.4 Å². The number of hydrogen-bond donors (Lipinski definition) is 1. The van der Waals surface area contributed by atoms with E-state index in [1.807, 2.05) is 37.3 Å². The number of nitrogens with one attached hydrogen (secondary N) is 1. The van der Waals surface area contributed by atoms with Gasteiger partial charge in [0.05, 0.1) is 5.56 Å². The molecule has 1 amide bonds. The summed E-state index contributed by atoms with van der Waals surface area (Å²) in [7, 11) is 0. The predicted molar refractivity (Wildman–Crippen MR) is 103 cm³/mol. The Hall–Kier alpha value is -2.62. The second kappa shape index (κ2) is 9.76. The van der Waals surface area contributed by atoms with Gasteiger partial charge in [-0.1, -0.05) is 49.4 Å². The molecule has 2 rings (SSSR count). The molecule has 2 atom stereocenters. The molecular weight excluding hydrogens is 326 g/mol. The van der Waals surface area contributed by atoms with Crippen molar-refractivity contribution in [1.29, 1.82) is 0 Å². The van der Waals surface area contributed by atoms with Gasteiger partial charge in [-0.25, -0.2) is 4.79 Å². The lowest BCUT2D eigenvalue weighted by Crippen LogP contribution is -2.41. The third-order valence-electron chi connectivity index (χ3n) is 4.35. The van der Waals surface area contributed by atoms with Crippen molar-refractivity contribution in [2.75, 3.05) is 0 Å². The topological polar surface area (TPSA) is 55.4 Å². The van der Waals surface area contributed by atoms with E-state index in [4.69, 9.17) is 4.74 Å². The largest absolute Gasteiger partial charge is 0.449 e. The van der Waals surface area contributed by atoms with E-state index in [0.29, 0.717) is 5.56 Å². The highest BCUT2D eigenvalue weighted by Crippen LogP contribution is 2.09. The molecule has 0 aliphatic carbocycles. The van der Waals surface area contributed by atoms with Crippen LogP contribution in [0, 0.1) is 0 Å². The monoisotopic (exact) mass is 353 g/mol. The quantitative estimate of drug-likeness (QED) is 0.732. The Morgan fingerprint density at radius 1 is 0.962 bits per heavy atom. The minimum atomic E-state index is -0.826. The van der Waals surface area contributed by atoms with Gasteiger partial charge in [0.25, 0.3) is 5.91 Å². The molecule has 0 unspecified atom stereocenters. The lowest BCUT2D eigenvalue weighted by atomic mass is 10.1. The second-order valence-electron chi connectivity index (χ2n) is 6.53. The number of hydrogen-bond acceptors (Lipinski definition) is 3. The van der Waals surface area contributed by atoms with Crippen molar-refractivity contribution in [1.82, 2.24) is 5.32 Å². The zero-order valence-electron chi connectivity index (χ0n) is 15.7. The zero-order valence-corrected chi connectivity index (χ0v) is 15.7. The highest BCUT2D eigenvalue weighted by atomic mass is 16.5.